The maximum absolute atomic E-state index is 10.9. The van der Waals surface area contributed by atoms with Gasteiger partial charge in [0.05, 0.1) is 11.7 Å². The van der Waals surface area contributed by atoms with Crippen LogP contribution in [0.1, 0.15) is 70.6 Å². The third kappa shape index (κ3) is 7.57. The van der Waals surface area contributed by atoms with Crippen molar-refractivity contribution in [2.24, 2.45) is 0 Å². The molecule has 1 atom stereocenters. The molecule has 0 aromatic rings. The molecular formula is C15H27O5P. The number of hydrogen-bond donors (Lipinski definition) is 3. The van der Waals surface area contributed by atoms with Crippen LogP contribution < -0.4 is 0 Å². The van der Waals surface area contributed by atoms with E-state index >= 15 is 0 Å². The van der Waals surface area contributed by atoms with Gasteiger partial charge in [0.15, 0.2) is 0 Å². The van der Waals surface area contributed by atoms with Crippen LogP contribution in [0, 0.1) is 0 Å². The molecule has 0 aliphatic heterocycles. The van der Waals surface area contributed by atoms with E-state index in [0.717, 1.165) is 44.9 Å². The van der Waals surface area contributed by atoms with Gasteiger partial charge in [0.25, 0.3) is 0 Å². The lowest BCUT2D eigenvalue weighted by molar-refractivity contribution is 0.103. The fraction of sp³-hybridized carbons (Fsp3) is 0.867. The van der Waals surface area contributed by atoms with Crippen LogP contribution >= 0.6 is 7.82 Å². The van der Waals surface area contributed by atoms with Gasteiger partial charge in [0, 0.05) is 0 Å². The summed E-state index contributed by atoms with van der Waals surface area (Å²) in [4.78, 5) is 17.7. The predicted octanol–water partition coefficient (Wildman–Crippen LogP) is 3.44. The zero-order chi connectivity index (χ0) is 15.3. The Bertz CT molecular complexity index is 410. The number of unbranched alkanes of at least 4 members (excludes halogenated alkanes) is 2. The molecule has 0 bridgehead atoms. The third-order valence-electron chi connectivity index (χ3n) is 4.32. The average Bonchev–Trinajstić information content (AvgIpc) is 3.26. The van der Waals surface area contributed by atoms with Crippen LogP contribution in [0.2, 0.25) is 0 Å². The monoisotopic (exact) mass is 318 g/mol. The van der Waals surface area contributed by atoms with Gasteiger partial charge in [-0.05, 0) is 51.4 Å². The Morgan fingerprint density at radius 3 is 2.33 bits per heavy atom. The van der Waals surface area contributed by atoms with Gasteiger partial charge in [0.2, 0.25) is 0 Å². The van der Waals surface area contributed by atoms with Crippen LogP contribution in [0.4, 0.5) is 0 Å². The number of phosphoric acid groups is 1. The molecule has 0 saturated heterocycles. The van der Waals surface area contributed by atoms with Crippen molar-refractivity contribution >= 4 is 7.82 Å². The fourth-order valence-electron chi connectivity index (χ4n) is 2.76. The van der Waals surface area contributed by atoms with Crippen LogP contribution in [0.3, 0.4) is 0 Å². The second-order valence-corrected chi connectivity index (χ2v) is 7.64. The minimum atomic E-state index is -4.37. The van der Waals surface area contributed by atoms with Crippen LogP contribution in [0.5, 0.6) is 0 Å². The summed E-state index contributed by atoms with van der Waals surface area (Å²) in [7, 11) is -4.37. The molecular weight excluding hydrogens is 291 g/mol. The first-order valence-corrected chi connectivity index (χ1v) is 9.54. The van der Waals surface area contributed by atoms with Gasteiger partial charge in [-0.25, -0.2) is 4.57 Å². The lowest BCUT2D eigenvalue weighted by atomic mass is 10.0. The maximum atomic E-state index is 10.9. The number of allylic oxidation sites excluding steroid dienone is 2. The van der Waals surface area contributed by atoms with Crippen molar-refractivity contribution in [1.82, 2.24) is 0 Å². The minimum Gasteiger partial charge on any atom is -0.393 e. The molecule has 2 aliphatic carbocycles. The molecule has 0 spiro atoms. The van der Waals surface area contributed by atoms with E-state index in [1.54, 1.807) is 5.57 Å². The van der Waals surface area contributed by atoms with E-state index < -0.39 is 13.4 Å². The van der Waals surface area contributed by atoms with Gasteiger partial charge in [-0.3, -0.25) is 4.52 Å². The largest absolute Gasteiger partial charge is 0.470 e. The molecule has 0 amide bonds. The highest BCUT2D eigenvalue weighted by Gasteiger charge is 2.47. The first-order chi connectivity index (χ1) is 9.89. The molecule has 1 unspecified atom stereocenters. The topological polar surface area (TPSA) is 87.0 Å². The standard InChI is InChI=1S/C15H27O5P/c16-14(6-2-1-5-13-8-9-13)7-3-4-10-15(11-12-15)20-21(17,18)19/h8,14,16H,1-7,9-12H2,(H2,17,18,19). The number of hydrogen-bond acceptors (Lipinski definition) is 3. The van der Waals surface area contributed by atoms with Crippen LogP contribution in [0.15, 0.2) is 11.6 Å². The Balaban J connectivity index is 1.47. The predicted molar refractivity (Wildman–Crippen MR) is 80.7 cm³/mol. The van der Waals surface area contributed by atoms with Crippen molar-refractivity contribution in [3.63, 3.8) is 0 Å². The molecule has 122 valence electrons. The average molecular weight is 318 g/mol. The summed E-state index contributed by atoms with van der Waals surface area (Å²) >= 11 is 0. The van der Waals surface area contributed by atoms with E-state index in [2.05, 4.69) is 6.08 Å². The molecule has 1 saturated carbocycles. The van der Waals surface area contributed by atoms with E-state index in [0.29, 0.717) is 6.42 Å². The van der Waals surface area contributed by atoms with Crippen molar-refractivity contribution in [1.29, 1.82) is 0 Å². The summed E-state index contributed by atoms with van der Waals surface area (Å²) in [5.74, 6) is 0. The smallest absolute Gasteiger partial charge is 0.393 e. The molecule has 2 rings (SSSR count). The first kappa shape index (κ1) is 17.2. The van der Waals surface area contributed by atoms with Crippen molar-refractivity contribution < 1.29 is 24.0 Å². The molecule has 21 heavy (non-hydrogen) atoms. The Morgan fingerprint density at radius 1 is 1.19 bits per heavy atom. The molecule has 2 aliphatic rings. The molecule has 0 aromatic carbocycles. The summed E-state index contributed by atoms with van der Waals surface area (Å²) < 4.78 is 15.7. The van der Waals surface area contributed by atoms with Crippen LogP contribution in [-0.2, 0) is 9.09 Å². The van der Waals surface area contributed by atoms with E-state index in [4.69, 9.17) is 14.3 Å². The Morgan fingerprint density at radius 2 is 1.81 bits per heavy atom. The number of rotatable bonds is 12. The van der Waals surface area contributed by atoms with Crippen LogP contribution in [0.25, 0.3) is 0 Å². The summed E-state index contributed by atoms with van der Waals surface area (Å²) in [6.45, 7) is 0. The molecule has 0 aromatic heterocycles. The van der Waals surface area contributed by atoms with E-state index in [-0.39, 0.29) is 6.10 Å². The van der Waals surface area contributed by atoms with Crippen molar-refractivity contribution in [3.05, 3.63) is 11.6 Å². The second-order valence-electron chi connectivity index (χ2n) is 6.48. The first-order valence-electron chi connectivity index (χ1n) is 8.01. The Kier molecular flexibility index (Phi) is 6.04. The van der Waals surface area contributed by atoms with Gasteiger partial charge in [-0.15, -0.1) is 0 Å². The SMILES string of the molecule is O=P(O)(O)OC1(CCCCC(O)CCCCC2=CC2)CC1. The number of aliphatic hydroxyl groups excluding tert-OH is 1. The van der Waals surface area contributed by atoms with Crippen molar-refractivity contribution in [2.75, 3.05) is 0 Å². The van der Waals surface area contributed by atoms with E-state index in [1.807, 2.05) is 0 Å². The number of aliphatic hydroxyl groups is 1. The van der Waals surface area contributed by atoms with Gasteiger partial charge in [-0.2, -0.15) is 0 Å². The normalized spacial score (nSPS) is 21.0. The lowest BCUT2D eigenvalue weighted by Crippen LogP contribution is -2.13. The van der Waals surface area contributed by atoms with Gasteiger partial charge >= 0.3 is 7.82 Å². The van der Waals surface area contributed by atoms with Gasteiger partial charge in [-0.1, -0.05) is 30.9 Å². The maximum Gasteiger partial charge on any atom is 0.470 e. The number of phosphoric ester groups is 1. The van der Waals surface area contributed by atoms with Gasteiger partial charge in [0.1, 0.15) is 0 Å². The highest BCUT2D eigenvalue weighted by molar-refractivity contribution is 7.46. The summed E-state index contributed by atoms with van der Waals surface area (Å²) in [5, 5.41) is 9.89. The van der Waals surface area contributed by atoms with Crippen molar-refractivity contribution in [2.45, 2.75) is 82.3 Å². The summed E-state index contributed by atoms with van der Waals surface area (Å²) in [6.07, 6.45) is 12.2. The molecule has 6 heteroatoms. The highest BCUT2D eigenvalue weighted by atomic mass is 31.2. The molecule has 0 heterocycles. The zero-order valence-corrected chi connectivity index (χ0v) is 13.4. The summed E-state index contributed by atoms with van der Waals surface area (Å²) in [5.41, 5.74) is 0.978. The Labute approximate surface area is 126 Å². The van der Waals surface area contributed by atoms with E-state index in [9.17, 15) is 9.67 Å². The quantitative estimate of drug-likeness (QED) is 0.291. The highest BCUT2D eigenvalue weighted by Crippen LogP contribution is 2.54. The Hall–Kier alpha value is -0.190. The molecule has 0 radical (unpaired) electrons. The van der Waals surface area contributed by atoms with Crippen LogP contribution in [-0.4, -0.2) is 26.6 Å². The fourth-order valence-corrected chi connectivity index (χ4v) is 3.54. The van der Waals surface area contributed by atoms with E-state index in [1.165, 1.54) is 19.3 Å². The second kappa shape index (κ2) is 7.38. The molecule has 3 N–H and O–H groups in total. The summed E-state index contributed by atoms with van der Waals surface area (Å²) in [6, 6.07) is 0. The third-order valence-corrected chi connectivity index (χ3v) is 4.94. The lowest BCUT2D eigenvalue weighted by Gasteiger charge is -2.17. The zero-order valence-electron chi connectivity index (χ0n) is 12.5. The minimum absolute atomic E-state index is 0.240. The van der Waals surface area contributed by atoms with Crippen molar-refractivity contribution in [3.8, 4) is 0 Å². The van der Waals surface area contributed by atoms with Gasteiger partial charge < -0.3 is 14.9 Å². The molecule has 5 nitrogen and oxygen atoms in total. The molecule has 1 fully saturated rings.